The van der Waals surface area contributed by atoms with Crippen LogP contribution in [-0.2, 0) is 24.1 Å². The van der Waals surface area contributed by atoms with Gasteiger partial charge in [0.15, 0.2) is 0 Å². The zero-order valence-corrected chi connectivity index (χ0v) is 13.6. The molecule has 0 atom stereocenters. The predicted molar refractivity (Wildman–Crippen MR) is 62.4 cm³/mol. The first kappa shape index (κ1) is 19.7. The molecule has 0 aromatic heterocycles. The minimum absolute atomic E-state index is 0.819. The molecule has 0 spiro atoms. The Balaban J connectivity index is -0.000000135. The second-order valence-corrected chi connectivity index (χ2v) is 4.78. The average Bonchev–Trinajstić information content (AvgIpc) is 2.18. The van der Waals surface area contributed by atoms with Gasteiger partial charge >= 0.3 is 49.3 Å². The van der Waals surface area contributed by atoms with E-state index in [2.05, 4.69) is 30.7 Å². The van der Waals surface area contributed by atoms with E-state index in [0.29, 0.717) is 0 Å². The molecule has 0 bridgehead atoms. The Morgan fingerprint density at radius 1 is 1.29 bits per heavy atom. The number of rotatable bonds is 2. The van der Waals surface area contributed by atoms with E-state index in [1.54, 1.807) is 26.5 Å². The predicted octanol–water partition coefficient (Wildman–Crippen LogP) is 2.48. The second kappa shape index (κ2) is 18.9. The van der Waals surface area contributed by atoms with Gasteiger partial charge in [-0.15, -0.1) is 0 Å². The molecule has 0 aliphatic carbocycles. The molecule has 0 saturated carbocycles. The Kier molecular flexibility index (Phi) is 26.6. The van der Waals surface area contributed by atoms with Crippen molar-refractivity contribution in [3.63, 3.8) is 0 Å². The molecule has 0 amide bonds. The van der Waals surface area contributed by atoms with Crippen molar-refractivity contribution in [1.82, 2.24) is 4.90 Å². The van der Waals surface area contributed by atoms with Gasteiger partial charge in [0.25, 0.3) is 0 Å². The average molecular weight is 371 g/mol. The molecule has 0 aromatic rings. The van der Waals surface area contributed by atoms with Gasteiger partial charge in [-0.05, 0) is 20.8 Å². The van der Waals surface area contributed by atoms with E-state index in [9.17, 15) is 0 Å². The summed E-state index contributed by atoms with van der Waals surface area (Å²) >= 11 is 1.55. The summed E-state index contributed by atoms with van der Waals surface area (Å²) in [6, 6.07) is 0. The van der Waals surface area contributed by atoms with Crippen LogP contribution in [0.1, 0.15) is 27.7 Å². The van der Waals surface area contributed by atoms with E-state index in [-0.39, 0.29) is 0 Å². The molecule has 0 saturated heterocycles. The Morgan fingerprint density at radius 3 is 1.50 bits per heavy atom. The van der Waals surface area contributed by atoms with Crippen molar-refractivity contribution in [3.8, 4) is 0 Å². The van der Waals surface area contributed by atoms with Crippen LogP contribution in [0.4, 0.5) is 0 Å². The maximum absolute atomic E-state index is 4.54. The third kappa shape index (κ3) is 39.8. The SMILES string of the molecule is CC=CC.CCOC.C[C](=[W])N(C)C. The molecule has 0 heterocycles. The first-order chi connectivity index (χ1) is 6.47. The number of ether oxygens (including phenoxy) is 1. The van der Waals surface area contributed by atoms with Crippen LogP contribution in [0.25, 0.3) is 0 Å². The Bertz CT molecular complexity index is 127. The van der Waals surface area contributed by atoms with Crippen LogP contribution >= 0.6 is 0 Å². The number of nitrogens with zero attached hydrogens (tertiary/aromatic N) is 1. The van der Waals surface area contributed by atoms with E-state index in [0.717, 1.165) is 6.61 Å². The van der Waals surface area contributed by atoms with Gasteiger partial charge in [0.1, 0.15) is 0 Å². The summed E-state index contributed by atoms with van der Waals surface area (Å²) in [7, 11) is 5.80. The Hall–Kier alpha value is 0.218. The normalized spacial score (nSPS) is 8.86. The van der Waals surface area contributed by atoms with Crippen molar-refractivity contribution in [2.75, 3.05) is 27.8 Å². The molecule has 3 heteroatoms. The van der Waals surface area contributed by atoms with Crippen LogP contribution in [0, 0.1) is 0 Å². The molecule has 14 heavy (non-hydrogen) atoms. The van der Waals surface area contributed by atoms with E-state index in [1.807, 2.05) is 32.9 Å². The third-order valence-electron chi connectivity index (χ3n) is 1.25. The van der Waals surface area contributed by atoms with Gasteiger partial charge in [-0.25, -0.2) is 0 Å². The van der Waals surface area contributed by atoms with Gasteiger partial charge in [-0.1, -0.05) is 12.2 Å². The van der Waals surface area contributed by atoms with Gasteiger partial charge < -0.3 is 4.74 Å². The fourth-order valence-corrected chi connectivity index (χ4v) is 0. The van der Waals surface area contributed by atoms with Gasteiger partial charge in [-0.3, -0.25) is 0 Å². The molecule has 0 rings (SSSR count). The quantitative estimate of drug-likeness (QED) is 0.692. The Labute approximate surface area is 101 Å². The van der Waals surface area contributed by atoms with E-state index >= 15 is 0 Å². The molecular formula is C11H25NOW. The summed E-state index contributed by atoms with van der Waals surface area (Å²) < 4.78 is 5.97. The molecule has 2 nitrogen and oxygen atoms in total. The number of methoxy groups -OCH3 is 1. The third-order valence-corrected chi connectivity index (χ3v) is 2.56. The second-order valence-electron chi connectivity index (χ2n) is 2.66. The Morgan fingerprint density at radius 2 is 1.50 bits per heavy atom. The van der Waals surface area contributed by atoms with Gasteiger partial charge in [0, 0.05) is 13.7 Å². The molecule has 0 radical (unpaired) electrons. The van der Waals surface area contributed by atoms with E-state index in [1.165, 1.54) is 4.02 Å². The number of hydrogen-bond donors (Lipinski definition) is 0. The molecule has 0 unspecified atom stereocenters. The topological polar surface area (TPSA) is 12.5 Å². The van der Waals surface area contributed by atoms with Crippen LogP contribution in [0.3, 0.4) is 0 Å². The number of allylic oxidation sites excluding steroid dienone is 2. The van der Waals surface area contributed by atoms with Crippen molar-refractivity contribution in [1.29, 1.82) is 0 Å². The summed E-state index contributed by atoms with van der Waals surface area (Å²) in [5.74, 6) is 0. The van der Waals surface area contributed by atoms with Gasteiger partial charge in [0.2, 0.25) is 0 Å². The molecule has 86 valence electrons. The van der Waals surface area contributed by atoms with Gasteiger partial charge in [-0.2, -0.15) is 0 Å². The zero-order chi connectivity index (χ0) is 12.0. The van der Waals surface area contributed by atoms with Gasteiger partial charge in [0.05, 0.1) is 0 Å². The molecule has 0 aliphatic heterocycles. The molecule has 0 aromatic carbocycles. The molecule has 0 aliphatic rings. The maximum atomic E-state index is 4.54. The van der Waals surface area contributed by atoms with Crippen LogP contribution in [0.15, 0.2) is 12.2 Å². The molecular weight excluding hydrogens is 346 g/mol. The summed E-state index contributed by atoms with van der Waals surface area (Å²) in [6.07, 6.45) is 4.00. The fourth-order valence-electron chi connectivity index (χ4n) is 0. The van der Waals surface area contributed by atoms with Crippen LogP contribution < -0.4 is 0 Å². The fraction of sp³-hybridized carbons (Fsp3) is 0.727. The van der Waals surface area contributed by atoms with Crippen molar-refractivity contribution < 1.29 is 24.1 Å². The van der Waals surface area contributed by atoms with Crippen LogP contribution in [0.5, 0.6) is 0 Å². The minimum atomic E-state index is 0.819. The number of hydrogen-bond acceptors (Lipinski definition) is 2. The molecule has 0 N–H and O–H groups in total. The first-order valence-corrected chi connectivity index (χ1v) is 6.18. The summed E-state index contributed by atoms with van der Waals surface area (Å²) in [5.41, 5.74) is 0. The van der Waals surface area contributed by atoms with E-state index < -0.39 is 0 Å². The van der Waals surface area contributed by atoms with Crippen molar-refractivity contribution >= 4 is 4.02 Å². The van der Waals surface area contributed by atoms with Crippen LogP contribution in [0.2, 0.25) is 0 Å². The monoisotopic (exact) mass is 371 g/mol. The summed E-state index contributed by atoms with van der Waals surface area (Å²) in [4.78, 5) is 2.12. The van der Waals surface area contributed by atoms with E-state index in [4.69, 9.17) is 0 Å². The van der Waals surface area contributed by atoms with Crippen molar-refractivity contribution in [3.05, 3.63) is 12.2 Å². The summed E-state index contributed by atoms with van der Waals surface area (Å²) in [5, 5.41) is 0. The zero-order valence-electron chi connectivity index (χ0n) is 10.6. The molecule has 0 fully saturated rings. The summed E-state index contributed by atoms with van der Waals surface area (Å²) in [6.45, 7) is 8.90. The first-order valence-electron chi connectivity index (χ1n) is 4.71. The standard InChI is InChI=1S/C4H9N.C4H8.C3H8O.W/c1-4-5(2)3;2*1-3-4-2;/h1-3H3;3-4H,1-2H3;3H2,1-2H3;. The van der Waals surface area contributed by atoms with Crippen LogP contribution in [-0.4, -0.2) is 36.7 Å². The van der Waals surface area contributed by atoms with Crippen molar-refractivity contribution in [2.45, 2.75) is 27.7 Å². The van der Waals surface area contributed by atoms with Crippen molar-refractivity contribution in [2.24, 2.45) is 0 Å².